The number of imidazole rings is 1. The van der Waals surface area contributed by atoms with Crippen LogP contribution in [0.5, 0.6) is 0 Å². The van der Waals surface area contributed by atoms with Crippen molar-refractivity contribution in [1.29, 1.82) is 5.26 Å². The van der Waals surface area contributed by atoms with Crippen molar-refractivity contribution in [1.82, 2.24) is 9.38 Å². The topological polar surface area (TPSA) is 53.1 Å². The second-order valence-electron chi connectivity index (χ2n) is 5.78. The quantitative estimate of drug-likeness (QED) is 0.782. The van der Waals surface area contributed by atoms with Gasteiger partial charge in [0, 0.05) is 6.20 Å². The van der Waals surface area contributed by atoms with Gasteiger partial charge in [0.15, 0.2) is 11.5 Å². The lowest BCUT2D eigenvalue weighted by Crippen LogP contribution is -2.18. The van der Waals surface area contributed by atoms with Gasteiger partial charge in [-0.15, -0.1) is 0 Å². The Morgan fingerprint density at radius 3 is 3.09 bits per heavy atom. The van der Waals surface area contributed by atoms with Crippen LogP contribution in [0.25, 0.3) is 5.65 Å². The minimum atomic E-state index is -0.229. The first-order chi connectivity index (χ1) is 11.3. The van der Waals surface area contributed by atoms with Crippen molar-refractivity contribution in [2.24, 2.45) is 0 Å². The summed E-state index contributed by atoms with van der Waals surface area (Å²) in [6.45, 7) is 0. The number of nitrogens with one attached hydrogen (secondary N) is 1. The van der Waals surface area contributed by atoms with Crippen LogP contribution in [-0.4, -0.2) is 9.38 Å². The van der Waals surface area contributed by atoms with Gasteiger partial charge in [-0.1, -0.05) is 12.1 Å². The molecular weight excluding hydrogens is 291 g/mol. The van der Waals surface area contributed by atoms with E-state index in [9.17, 15) is 9.65 Å². The molecule has 0 radical (unpaired) electrons. The fraction of sp³-hybridized carbons (Fsp3) is 0.222. The maximum Gasteiger partial charge on any atom is 0.168 e. The number of rotatable bonds is 2. The van der Waals surface area contributed by atoms with E-state index in [4.69, 9.17) is 0 Å². The minimum absolute atomic E-state index is 0.0218. The van der Waals surface area contributed by atoms with Crippen LogP contribution in [0.1, 0.15) is 35.7 Å². The van der Waals surface area contributed by atoms with Crippen LogP contribution in [-0.2, 0) is 6.42 Å². The highest BCUT2D eigenvalue weighted by Gasteiger charge is 2.23. The third-order valence-electron chi connectivity index (χ3n) is 4.37. The van der Waals surface area contributed by atoms with Gasteiger partial charge in [0.2, 0.25) is 0 Å². The summed E-state index contributed by atoms with van der Waals surface area (Å²) in [6.07, 6.45) is 4.71. The van der Waals surface area contributed by atoms with Crippen molar-refractivity contribution in [3.63, 3.8) is 0 Å². The number of fused-ring (bicyclic) bond motifs is 2. The Labute approximate surface area is 133 Å². The summed E-state index contributed by atoms with van der Waals surface area (Å²) < 4.78 is 15.4. The number of pyridine rings is 1. The molecular formula is C18H15FN4. The van der Waals surface area contributed by atoms with Crippen LogP contribution >= 0.6 is 0 Å². The molecule has 1 aromatic carbocycles. The molecule has 23 heavy (non-hydrogen) atoms. The first-order valence-electron chi connectivity index (χ1n) is 7.68. The fourth-order valence-electron chi connectivity index (χ4n) is 3.29. The smallest absolute Gasteiger partial charge is 0.168 e. The third kappa shape index (κ3) is 2.33. The van der Waals surface area contributed by atoms with Crippen molar-refractivity contribution in [2.45, 2.75) is 25.3 Å². The summed E-state index contributed by atoms with van der Waals surface area (Å²) >= 11 is 0. The molecule has 3 aromatic rings. The summed E-state index contributed by atoms with van der Waals surface area (Å²) in [5, 5.41) is 12.8. The lowest BCUT2D eigenvalue weighted by Gasteiger charge is -2.26. The first-order valence-corrected chi connectivity index (χ1v) is 7.68. The second kappa shape index (κ2) is 5.40. The molecule has 4 rings (SSSR count). The summed E-state index contributed by atoms with van der Waals surface area (Å²) in [5.41, 5.74) is 3.33. The van der Waals surface area contributed by atoms with E-state index in [2.05, 4.69) is 16.4 Å². The number of hydrogen-bond donors (Lipinski definition) is 1. The molecule has 2 aromatic heterocycles. The Hall–Kier alpha value is -2.87. The normalized spacial score (nSPS) is 16.8. The van der Waals surface area contributed by atoms with Crippen LogP contribution in [0.2, 0.25) is 0 Å². The van der Waals surface area contributed by atoms with Crippen molar-refractivity contribution < 1.29 is 4.39 Å². The van der Waals surface area contributed by atoms with E-state index < -0.39 is 0 Å². The summed E-state index contributed by atoms with van der Waals surface area (Å²) in [4.78, 5) is 4.51. The average Bonchev–Trinajstić information content (AvgIpc) is 2.92. The fourth-order valence-corrected chi connectivity index (χ4v) is 3.29. The number of benzene rings is 1. The minimum Gasteiger partial charge on any atom is -0.361 e. The Morgan fingerprint density at radius 2 is 2.22 bits per heavy atom. The molecule has 1 atom stereocenters. The van der Waals surface area contributed by atoms with E-state index in [-0.39, 0.29) is 11.9 Å². The van der Waals surface area contributed by atoms with Crippen LogP contribution in [0.4, 0.5) is 10.2 Å². The van der Waals surface area contributed by atoms with Gasteiger partial charge in [-0.2, -0.15) is 5.26 Å². The number of nitriles is 1. The van der Waals surface area contributed by atoms with E-state index in [0.717, 1.165) is 36.0 Å². The number of nitrogens with zero attached hydrogens (tertiary/aromatic N) is 3. The Kier molecular flexibility index (Phi) is 3.23. The van der Waals surface area contributed by atoms with Gasteiger partial charge in [-0.25, -0.2) is 9.37 Å². The van der Waals surface area contributed by atoms with E-state index in [1.807, 2.05) is 30.5 Å². The Balaban J connectivity index is 1.75. The van der Waals surface area contributed by atoms with E-state index in [0.29, 0.717) is 11.5 Å². The molecule has 0 aliphatic heterocycles. The first kappa shape index (κ1) is 13.8. The lowest BCUT2D eigenvalue weighted by atomic mass is 9.87. The Morgan fingerprint density at radius 1 is 1.30 bits per heavy atom. The number of anilines is 1. The van der Waals surface area contributed by atoms with E-state index >= 15 is 0 Å². The summed E-state index contributed by atoms with van der Waals surface area (Å²) in [5.74, 6) is 0.328. The van der Waals surface area contributed by atoms with Crippen LogP contribution < -0.4 is 5.32 Å². The van der Waals surface area contributed by atoms with Crippen molar-refractivity contribution in [3.8, 4) is 6.07 Å². The molecule has 4 nitrogen and oxygen atoms in total. The zero-order valence-corrected chi connectivity index (χ0v) is 12.5. The number of aromatic nitrogens is 2. The Bertz CT molecular complexity index is 922. The molecule has 0 saturated heterocycles. The molecule has 1 aliphatic rings. The molecule has 114 valence electrons. The zero-order chi connectivity index (χ0) is 15.8. The predicted octanol–water partition coefficient (Wildman–Crippen LogP) is 3.83. The number of aryl methyl sites for hydroxylation is 1. The molecule has 2 heterocycles. The van der Waals surface area contributed by atoms with Gasteiger partial charge in [0.1, 0.15) is 17.5 Å². The lowest BCUT2D eigenvalue weighted by molar-refractivity contribution is 0.579. The average molecular weight is 306 g/mol. The van der Waals surface area contributed by atoms with Gasteiger partial charge in [-0.05, 0) is 54.7 Å². The van der Waals surface area contributed by atoms with Gasteiger partial charge in [-0.3, -0.25) is 4.40 Å². The molecule has 1 N–H and O–H groups in total. The monoisotopic (exact) mass is 306 g/mol. The number of hydrogen-bond acceptors (Lipinski definition) is 3. The van der Waals surface area contributed by atoms with Crippen molar-refractivity contribution in [3.05, 3.63) is 65.2 Å². The van der Waals surface area contributed by atoms with Gasteiger partial charge in [0.05, 0.1) is 6.04 Å². The molecule has 5 heteroatoms. The van der Waals surface area contributed by atoms with Crippen LogP contribution in [0.15, 0.2) is 42.6 Å². The van der Waals surface area contributed by atoms with Crippen molar-refractivity contribution >= 4 is 11.5 Å². The zero-order valence-electron chi connectivity index (χ0n) is 12.5. The maximum absolute atomic E-state index is 13.6. The molecule has 0 saturated carbocycles. The predicted molar refractivity (Wildman–Crippen MR) is 85.6 cm³/mol. The van der Waals surface area contributed by atoms with E-state index in [1.165, 1.54) is 6.07 Å². The summed E-state index contributed by atoms with van der Waals surface area (Å²) in [6, 6.07) is 12.8. The molecule has 0 spiro atoms. The largest absolute Gasteiger partial charge is 0.361 e. The van der Waals surface area contributed by atoms with Crippen molar-refractivity contribution in [2.75, 3.05) is 5.32 Å². The SMILES string of the molecule is N#Cc1c(NC2CCCc3ccc(F)cc32)nc2ccccn12. The highest BCUT2D eigenvalue weighted by atomic mass is 19.1. The molecule has 1 unspecified atom stereocenters. The standard InChI is InChI=1S/C18H15FN4/c19-13-8-7-12-4-3-5-15(14(12)10-13)21-18-16(11-20)23-9-2-1-6-17(23)22-18/h1-2,6-10,15,21H,3-5H2. The second-order valence-corrected chi connectivity index (χ2v) is 5.78. The van der Waals surface area contributed by atoms with Crippen LogP contribution in [0.3, 0.4) is 0 Å². The third-order valence-corrected chi connectivity index (χ3v) is 4.37. The van der Waals surface area contributed by atoms with Gasteiger partial charge in [0.25, 0.3) is 0 Å². The van der Waals surface area contributed by atoms with Gasteiger partial charge >= 0.3 is 0 Å². The highest BCUT2D eigenvalue weighted by molar-refractivity contribution is 5.60. The van der Waals surface area contributed by atoms with Gasteiger partial charge < -0.3 is 5.32 Å². The molecule has 0 amide bonds. The molecule has 0 fully saturated rings. The van der Waals surface area contributed by atoms with E-state index in [1.54, 1.807) is 10.5 Å². The molecule has 0 bridgehead atoms. The maximum atomic E-state index is 13.6. The highest BCUT2D eigenvalue weighted by Crippen LogP contribution is 2.33. The molecule has 1 aliphatic carbocycles. The number of halogens is 1. The van der Waals surface area contributed by atoms with Crippen LogP contribution in [0, 0.1) is 17.1 Å². The summed E-state index contributed by atoms with van der Waals surface area (Å²) in [7, 11) is 0.